The number of benzene rings is 2. The van der Waals surface area contributed by atoms with E-state index in [0.717, 1.165) is 37.6 Å². The number of rotatable bonds is 7. The van der Waals surface area contributed by atoms with Gasteiger partial charge in [-0.2, -0.15) is 0 Å². The lowest BCUT2D eigenvalue weighted by Crippen LogP contribution is -2.37. The van der Waals surface area contributed by atoms with Gasteiger partial charge >= 0.3 is 5.69 Å². The van der Waals surface area contributed by atoms with Gasteiger partial charge in [-0.1, -0.05) is 35.6 Å². The molecule has 2 aromatic carbocycles. The number of thiazole rings is 1. The normalized spacial score (nSPS) is 11.2. The van der Waals surface area contributed by atoms with Crippen molar-refractivity contribution in [1.29, 1.82) is 0 Å². The largest absolute Gasteiger partial charge is 0.494 e. The highest BCUT2D eigenvalue weighted by atomic mass is 32.1. The van der Waals surface area contributed by atoms with Crippen LogP contribution in [0.3, 0.4) is 0 Å². The van der Waals surface area contributed by atoms with Crippen LogP contribution in [0.4, 0.5) is 5.13 Å². The lowest BCUT2D eigenvalue weighted by molar-refractivity contribution is -0.116. The second-order valence-electron chi connectivity index (χ2n) is 8.77. The standard InChI is InChI=1S/C27H26N6O4S/c1-5-37-18-12-10-17(11-13-18)21-23(19-9-7-6-8-16(19)2)38-26(30-21)29-20(34)14-33-15-28-24-22(33)25(35)32(4)27(36)31(24)3/h6-13,15H,5,14H2,1-4H3,(H,29,30,34). The molecule has 1 amide bonds. The topological polar surface area (TPSA) is 113 Å². The number of carbonyl (C=O) groups excluding carboxylic acids is 1. The molecule has 0 aliphatic rings. The molecule has 194 valence electrons. The number of anilines is 1. The third-order valence-electron chi connectivity index (χ3n) is 6.23. The van der Waals surface area contributed by atoms with Crippen LogP contribution in [0, 0.1) is 6.92 Å². The molecule has 0 radical (unpaired) electrons. The van der Waals surface area contributed by atoms with Crippen LogP contribution < -0.4 is 21.3 Å². The number of hydrogen-bond acceptors (Lipinski definition) is 7. The minimum Gasteiger partial charge on any atom is -0.494 e. The molecule has 0 unspecified atom stereocenters. The van der Waals surface area contributed by atoms with Crippen LogP contribution in [0.15, 0.2) is 64.4 Å². The van der Waals surface area contributed by atoms with E-state index < -0.39 is 11.2 Å². The summed E-state index contributed by atoms with van der Waals surface area (Å²) in [4.78, 5) is 47.9. The van der Waals surface area contributed by atoms with Crippen molar-refractivity contribution in [1.82, 2.24) is 23.7 Å². The monoisotopic (exact) mass is 530 g/mol. The second-order valence-corrected chi connectivity index (χ2v) is 9.77. The third kappa shape index (κ3) is 4.52. The number of fused-ring (bicyclic) bond motifs is 1. The zero-order valence-corrected chi connectivity index (χ0v) is 22.2. The minimum atomic E-state index is -0.512. The minimum absolute atomic E-state index is 0.165. The van der Waals surface area contributed by atoms with Gasteiger partial charge in [-0.3, -0.25) is 18.7 Å². The highest BCUT2D eigenvalue weighted by Gasteiger charge is 2.20. The van der Waals surface area contributed by atoms with Gasteiger partial charge in [-0.05, 0) is 49.2 Å². The zero-order chi connectivity index (χ0) is 27.0. The first-order valence-corrected chi connectivity index (χ1v) is 12.8. The molecule has 38 heavy (non-hydrogen) atoms. The fraction of sp³-hybridized carbons (Fsp3) is 0.222. The molecule has 0 saturated carbocycles. The van der Waals surface area contributed by atoms with Gasteiger partial charge < -0.3 is 14.6 Å². The lowest BCUT2D eigenvalue weighted by atomic mass is 10.0. The number of amides is 1. The number of aryl methyl sites for hydroxylation is 2. The summed E-state index contributed by atoms with van der Waals surface area (Å²) in [5.74, 6) is 0.400. The first kappa shape index (κ1) is 25.2. The Labute approximate surface area is 221 Å². The van der Waals surface area contributed by atoms with Crippen LogP contribution >= 0.6 is 11.3 Å². The van der Waals surface area contributed by atoms with Crippen molar-refractivity contribution >= 4 is 33.5 Å². The SMILES string of the molecule is CCOc1ccc(-c2nc(NC(=O)Cn3cnc4c3c(=O)n(C)c(=O)n4C)sc2-c2ccccc2C)cc1. The molecule has 0 spiro atoms. The van der Waals surface area contributed by atoms with Crippen molar-refractivity contribution in [3.05, 3.63) is 81.3 Å². The van der Waals surface area contributed by atoms with Crippen molar-refractivity contribution in [2.75, 3.05) is 11.9 Å². The Bertz CT molecular complexity index is 1780. The first-order chi connectivity index (χ1) is 18.3. The fourth-order valence-electron chi connectivity index (χ4n) is 4.29. The van der Waals surface area contributed by atoms with Gasteiger partial charge in [0.1, 0.15) is 12.3 Å². The van der Waals surface area contributed by atoms with Gasteiger partial charge in [0.15, 0.2) is 16.3 Å². The van der Waals surface area contributed by atoms with E-state index in [4.69, 9.17) is 9.72 Å². The Morgan fingerprint density at radius 1 is 1.05 bits per heavy atom. The van der Waals surface area contributed by atoms with E-state index in [9.17, 15) is 14.4 Å². The maximum Gasteiger partial charge on any atom is 0.332 e. The molecule has 0 fully saturated rings. The molecule has 3 heterocycles. The molecule has 0 bridgehead atoms. The summed E-state index contributed by atoms with van der Waals surface area (Å²) in [6, 6.07) is 15.7. The highest BCUT2D eigenvalue weighted by Crippen LogP contribution is 2.40. The summed E-state index contributed by atoms with van der Waals surface area (Å²) in [6.45, 7) is 4.38. The van der Waals surface area contributed by atoms with Gasteiger partial charge in [-0.25, -0.2) is 14.8 Å². The smallest absolute Gasteiger partial charge is 0.332 e. The van der Waals surface area contributed by atoms with E-state index in [-0.39, 0.29) is 23.6 Å². The third-order valence-corrected chi connectivity index (χ3v) is 7.24. The number of carbonyl (C=O) groups is 1. The van der Waals surface area contributed by atoms with Crippen molar-refractivity contribution in [3.63, 3.8) is 0 Å². The van der Waals surface area contributed by atoms with Crippen molar-refractivity contribution in [2.24, 2.45) is 14.1 Å². The second kappa shape index (κ2) is 10.1. The van der Waals surface area contributed by atoms with Crippen LogP contribution in [0.5, 0.6) is 5.75 Å². The van der Waals surface area contributed by atoms with E-state index in [0.29, 0.717) is 11.7 Å². The Kier molecular flexibility index (Phi) is 6.68. The van der Waals surface area contributed by atoms with Crippen LogP contribution in [0.1, 0.15) is 12.5 Å². The van der Waals surface area contributed by atoms with Gasteiger partial charge in [0, 0.05) is 19.7 Å². The van der Waals surface area contributed by atoms with E-state index in [1.165, 1.54) is 40.9 Å². The van der Waals surface area contributed by atoms with Crippen LogP contribution in [-0.2, 0) is 25.4 Å². The molecule has 3 aromatic heterocycles. The quantitative estimate of drug-likeness (QED) is 0.344. The Morgan fingerprint density at radius 3 is 2.50 bits per heavy atom. The summed E-state index contributed by atoms with van der Waals surface area (Å²) < 4.78 is 9.29. The van der Waals surface area contributed by atoms with Crippen LogP contribution in [0.25, 0.3) is 32.9 Å². The first-order valence-electron chi connectivity index (χ1n) is 12.0. The molecular formula is C27H26N6O4S. The maximum absolute atomic E-state index is 13.1. The van der Waals surface area contributed by atoms with Crippen molar-refractivity contribution in [3.8, 4) is 27.4 Å². The molecule has 0 aliphatic heterocycles. The van der Waals surface area contributed by atoms with E-state index >= 15 is 0 Å². The molecule has 11 heteroatoms. The average molecular weight is 531 g/mol. The molecular weight excluding hydrogens is 504 g/mol. The number of ether oxygens (including phenoxy) is 1. The van der Waals surface area contributed by atoms with E-state index in [1.807, 2.05) is 62.4 Å². The highest BCUT2D eigenvalue weighted by molar-refractivity contribution is 7.19. The van der Waals surface area contributed by atoms with Crippen LogP contribution in [0.2, 0.25) is 0 Å². The Morgan fingerprint density at radius 2 is 1.79 bits per heavy atom. The van der Waals surface area contributed by atoms with Crippen molar-refractivity contribution in [2.45, 2.75) is 20.4 Å². The van der Waals surface area contributed by atoms with Crippen molar-refractivity contribution < 1.29 is 9.53 Å². The predicted molar refractivity (Wildman–Crippen MR) is 148 cm³/mol. The summed E-state index contributed by atoms with van der Waals surface area (Å²) in [7, 11) is 2.93. The number of nitrogens with zero attached hydrogens (tertiary/aromatic N) is 5. The predicted octanol–water partition coefficient (Wildman–Crippen LogP) is 3.57. The Balaban J connectivity index is 1.49. The molecule has 0 saturated heterocycles. The lowest BCUT2D eigenvalue weighted by Gasteiger charge is -2.07. The van der Waals surface area contributed by atoms with Gasteiger partial charge in [0.2, 0.25) is 5.91 Å². The summed E-state index contributed by atoms with van der Waals surface area (Å²) in [5.41, 5.74) is 3.17. The maximum atomic E-state index is 13.1. The number of aromatic nitrogens is 5. The van der Waals surface area contributed by atoms with Gasteiger partial charge in [0.25, 0.3) is 5.56 Å². The van der Waals surface area contributed by atoms with E-state index in [1.54, 1.807) is 0 Å². The molecule has 5 rings (SSSR count). The molecule has 10 nitrogen and oxygen atoms in total. The summed E-state index contributed by atoms with van der Waals surface area (Å²) in [5, 5.41) is 3.31. The number of nitrogens with one attached hydrogen (secondary N) is 1. The summed E-state index contributed by atoms with van der Waals surface area (Å²) in [6.07, 6.45) is 1.39. The number of imidazole rings is 1. The fourth-order valence-corrected chi connectivity index (χ4v) is 5.38. The number of hydrogen-bond donors (Lipinski definition) is 1. The van der Waals surface area contributed by atoms with Gasteiger partial charge in [-0.15, -0.1) is 0 Å². The molecule has 0 aliphatic carbocycles. The van der Waals surface area contributed by atoms with E-state index in [2.05, 4.69) is 10.3 Å². The molecule has 0 atom stereocenters. The van der Waals surface area contributed by atoms with Gasteiger partial charge in [0.05, 0.1) is 23.5 Å². The average Bonchev–Trinajstić information content (AvgIpc) is 3.51. The molecule has 5 aromatic rings. The summed E-state index contributed by atoms with van der Waals surface area (Å²) >= 11 is 1.38. The zero-order valence-electron chi connectivity index (χ0n) is 21.4. The molecule has 1 N–H and O–H groups in total. The Hall–Kier alpha value is -4.51. The van der Waals surface area contributed by atoms with Crippen LogP contribution in [-0.4, -0.2) is 36.2 Å².